The summed E-state index contributed by atoms with van der Waals surface area (Å²) in [6, 6.07) is 17.0. The van der Waals surface area contributed by atoms with E-state index in [2.05, 4.69) is 63.6 Å². The van der Waals surface area contributed by atoms with Crippen LogP contribution in [0.2, 0.25) is 0 Å². The van der Waals surface area contributed by atoms with Crippen molar-refractivity contribution >= 4 is 16.6 Å². The smallest absolute Gasteiger partial charge is 0.159 e. The predicted octanol–water partition coefficient (Wildman–Crippen LogP) is 3.46. The summed E-state index contributed by atoms with van der Waals surface area (Å²) in [6.07, 6.45) is 0. The quantitative estimate of drug-likeness (QED) is 0.671. The molecule has 98 valence electrons. The van der Waals surface area contributed by atoms with Gasteiger partial charge in [0.15, 0.2) is 5.82 Å². The highest BCUT2D eigenvalue weighted by Gasteiger charge is 2.21. The van der Waals surface area contributed by atoms with E-state index < -0.39 is 0 Å². The first-order valence-corrected chi connectivity index (χ1v) is 6.87. The van der Waals surface area contributed by atoms with E-state index in [1.807, 2.05) is 6.92 Å². The molecule has 0 aliphatic carbocycles. The molecular formula is C17H15N3. The van der Waals surface area contributed by atoms with Crippen LogP contribution < -0.4 is 4.90 Å². The van der Waals surface area contributed by atoms with Crippen LogP contribution in [0.15, 0.2) is 48.5 Å². The fourth-order valence-corrected chi connectivity index (χ4v) is 2.94. The van der Waals surface area contributed by atoms with Gasteiger partial charge in [-0.3, -0.25) is 0 Å². The van der Waals surface area contributed by atoms with Gasteiger partial charge in [-0.1, -0.05) is 48.5 Å². The molecule has 0 N–H and O–H groups in total. The number of nitrogens with zero attached hydrogens (tertiary/aromatic N) is 3. The number of aryl methyl sites for hydroxylation is 1. The number of aromatic nitrogens is 2. The van der Waals surface area contributed by atoms with Crippen molar-refractivity contribution in [1.82, 2.24) is 10.2 Å². The number of benzene rings is 2. The van der Waals surface area contributed by atoms with E-state index in [1.165, 1.54) is 21.9 Å². The van der Waals surface area contributed by atoms with Crippen LogP contribution in [0, 0.1) is 6.92 Å². The van der Waals surface area contributed by atoms with Gasteiger partial charge in [0, 0.05) is 23.9 Å². The lowest BCUT2D eigenvalue weighted by molar-refractivity contribution is 0.834. The van der Waals surface area contributed by atoms with Gasteiger partial charge in [0.25, 0.3) is 0 Å². The van der Waals surface area contributed by atoms with E-state index >= 15 is 0 Å². The average Bonchev–Trinajstić information content (AvgIpc) is 2.91. The molecule has 0 atom stereocenters. The molecule has 3 nitrogen and oxygen atoms in total. The summed E-state index contributed by atoms with van der Waals surface area (Å²) < 4.78 is 0. The van der Waals surface area contributed by atoms with Gasteiger partial charge in [-0.25, -0.2) is 0 Å². The van der Waals surface area contributed by atoms with Crippen molar-refractivity contribution in [3.05, 3.63) is 65.4 Å². The standard InChI is InChI=1S/C17H15N3/c1-12-15-8-4-5-9-16(15)17(19-18-12)20-10-13-6-2-3-7-14(13)11-20/h2-9H,10-11H2,1H3. The van der Waals surface area contributed by atoms with E-state index in [0.717, 1.165) is 24.6 Å². The monoisotopic (exact) mass is 261 g/mol. The van der Waals surface area contributed by atoms with Crippen LogP contribution in [0.3, 0.4) is 0 Å². The summed E-state index contributed by atoms with van der Waals surface area (Å²) in [5, 5.41) is 11.1. The summed E-state index contributed by atoms with van der Waals surface area (Å²) in [7, 11) is 0. The number of hydrogen-bond donors (Lipinski definition) is 0. The number of rotatable bonds is 1. The van der Waals surface area contributed by atoms with E-state index in [-0.39, 0.29) is 0 Å². The summed E-state index contributed by atoms with van der Waals surface area (Å²) >= 11 is 0. The molecule has 0 amide bonds. The molecule has 0 unspecified atom stereocenters. The van der Waals surface area contributed by atoms with Crippen molar-refractivity contribution in [2.75, 3.05) is 4.90 Å². The van der Waals surface area contributed by atoms with Gasteiger partial charge in [-0.05, 0) is 18.1 Å². The van der Waals surface area contributed by atoms with Gasteiger partial charge in [0.2, 0.25) is 0 Å². The molecule has 0 bridgehead atoms. The van der Waals surface area contributed by atoms with Crippen LogP contribution in [0.1, 0.15) is 16.8 Å². The van der Waals surface area contributed by atoms with E-state index in [0.29, 0.717) is 0 Å². The Kier molecular flexibility index (Phi) is 2.46. The SMILES string of the molecule is Cc1nnc(N2Cc3ccccc3C2)c2ccccc12. The van der Waals surface area contributed by atoms with Crippen molar-refractivity contribution in [1.29, 1.82) is 0 Å². The molecule has 0 saturated heterocycles. The normalized spacial score (nSPS) is 13.8. The Balaban J connectivity index is 1.83. The third kappa shape index (κ3) is 1.67. The second kappa shape index (κ2) is 4.30. The molecule has 3 aromatic rings. The highest BCUT2D eigenvalue weighted by atomic mass is 15.3. The van der Waals surface area contributed by atoms with Gasteiger partial charge >= 0.3 is 0 Å². The van der Waals surface area contributed by atoms with Gasteiger partial charge in [-0.15, -0.1) is 5.10 Å². The predicted molar refractivity (Wildman–Crippen MR) is 80.6 cm³/mol. The third-order valence-corrected chi connectivity index (χ3v) is 3.99. The summed E-state index contributed by atoms with van der Waals surface area (Å²) in [4.78, 5) is 2.30. The van der Waals surface area contributed by atoms with Crippen molar-refractivity contribution in [2.24, 2.45) is 0 Å². The maximum absolute atomic E-state index is 4.45. The summed E-state index contributed by atoms with van der Waals surface area (Å²) in [6.45, 7) is 3.84. The largest absolute Gasteiger partial charge is 0.346 e. The maximum atomic E-state index is 4.45. The second-order valence-corrected chi connectivity index (χ2v) is 5.28. The molecule has 0 saturated carbocycles. The molecule has 4 rings (SSSR count). The van der Waals surface area contributed by atoms with Crippen molar-refractivity contribution in [2.45, 2.75) is 20.0 Å². The summed E-state index contributed by atoms with van der Waals surface area (Å²) in [5.41, 5.74) is 3.76. The second-order valence-electron chi connectivity index (χ2n) is 5.28. The molecule has 2 heterocycles. The first kappa shape index (κ1) is 11.4. The molecule has 0 fully saturated rings. The Morgan fingerprint density at radius 1 is 0.800 bits per heavy atom. The first-order chi connectivity index (χ1) is 9.83. The molecule has 1 aromatic heterocycles. The summed E-state index contributed by atoms with van der Waals surface area (Å²) in [5.74, 6) is 0.988. The molecular weight excluding hydrogens is 246 g/mol. The minimum Gasteiger partial charge on any atom is -0.346 e. The zero-order valence-corrected chi connectivity index (χ0v) is 11.4. The van der Waals surface area contributed by atoms with Crippen LogP contribution in [-0.4, -0.2) is 10.2 Å². The lowest BCUT2D eigenvalue weighted by Crippen LogP contribution is -2.17. The number of hydrogen-bond acceptors (Lipinski definition) is 3. The van der Waals surface area contributed by atoms with Gasteiger partial charge < -0.3 is 4.90 Å². The Hall–Kier alpha value is -2.42. The van der Waals surface area contributed by atoms with E-state index in [4.69, 9.17) is 0 Å². The highest BCUT2D eigenvalue weighted by molar-refractivity contribution is 5.93. The van der Waals surface area contributed by atoms with E-state index in [9.17, 15) is 0 Å². The topological polar surface area (TPSA) is 29.0 Å². The minimum absolute atomic E-state index is 0.915. The van der Waals surface area contributed by atoms with Crippen LogP contribution in [0.4, 0.5) is 5.82 Å². The average molecular weight is 261 g/mol. The molecule has 0 radical (unpaired) electrons. The number of fused-ring (bicyclic) bond motifs is 2. The van der Waals surface area contributed by atoms with Crippen molar-refractivity contribution < 1.29 is 0 Å². The lowest BCUT2D eigenvalue weighted by atomic mass is 10.1. The van der Waals surface area contributed by atoms with Gasteiger partial charge in [-0.2, -0.15) is 5.10 Å². The van der Waals surface area contributed by atoms with E-state index in [1.54, 1.807) is 0 Å². The molecule has 3 heteroatoms. The first-order valence-electron chi connectivity index (χ1n) is 6.87. The Morgan fingerprint density at radius 3 is 2.10 bits per heavy atom. The lowest BCUT2D eigenvalue weighted by Gasteiger charge is -2.18. The van der Waals surface area contributed by atoms with Gasteiger partial charge in [0.05, 0.1) is 5.69 Å². The van der Waals surface area contributed by atoms with Crippen LogP contribution >= 0.6 is 0 Å². The van der Waals surface area contributed by atoms with Crippen molar-refractivity contribution in [3.63, 3.8) is 0 Å². The molecule has 1 aliphatic rings. The fraction of sp³-hybridized carbons (Fsp3) is 0.176. The Bertz CT molecular complexity index is 770. The van der Waals surface area contributed by atoms with Gasteiger partial charge in [0.1, 0.15) is 0 Å². The Morgan fingerprint density at radius 2 is 1.40 bits per heavy atom. The third-order valence-electron chi connectivity index (χ3n) is 3.99. The van der Waals surface area contributed by atoms with Crippen LogP contribution in [0.5, 0.6) is 0 Å². The number of anilines is 1. The van der Waals surface area contributed by atoms with Crippen LogP contribution in [0.25, 0.3) is 10.8 Å². The molecule has 0 spiro atoms. The Labute approximate surface area is 117 Å². The van der Waals surface area contributed by atoms with Crippen molar-refractivity contribution in [3.8, 4) is 0 Å². The maximum Gasteiger partial charge on any atom is 0.159 e. The zero-order valence-electron chi connectivity index (χ0n) is 11.4. The minimum atomic E-state index is 0.915. The fourth-order valence-electron chi connectivity index (χ4n) is 2.94. The molecule has 2 aromatic carbocycles. The molecule has 1 aliphatic heterocycles. The highest BCUT2D eigenvalue weighted by Crippen LogP contribution is 2.31. The molecule has 20 heavy (non-hydrogen) atoms. The van der Waals surface area contributed by atoms with Crippen LogP contribution in [-0.2, 0) is 13.1 Å². The zero-order chi connectivity index (χ0) is 13.5.